The Kier molecular flexibility index (Phi) is 3.20. The van der Waals surface area contributed by atoms with Gasteiger partial charge in [-0.1, -0.05) is 12.1 Å². The summed E-state index contributed by atoms with van der Waals surface area (Å²) in [5.41, 5.74) is 1.58. The topological polar surface area (TPSA) is 58.7 Å². The number of benzene rings is 2. The third-order valence-corrected chi connectivity index (χ3v) is 3.22. The highest BCUT2D eigenvalue weighted by Gasteiger charge is 2.05. The summed E-state index contributed by atoms with van der Waals surface area (Å²) in [4.78, 5) is 16.4. The van der Waals surface area contributed by atoms with Crippen LogP contribution in [0.1, 0.15) is 11.1 Å². The summed E-state index contributed by atoms with van der Waals surface area (Å²) in [7, 11) is 0. The third-order valence-electron chi connectivity index (χ3n) is 3.22. The molecule has 1 heterocycles. The molecule has 0 aliphatic carbocycles. The molecule has 0 fully saturated rings. The highest BCUT2D eigenvalue weighted by molar-refractivity contribution is 5.77. The van der Waals surface area contributed by atoms with Gasteiger partial charge in [0.15, 0.2) is 0 Å². The summed E-state index contributed by atoms with van der Waals surface area (Å²) in [5.74, 6) is -0.417. The average Bonchev–Trinajstić information content (AvgIpc) is 2.51. The van der Waals surface area contributed by atoms with E-state index in [1.54, 1.807) is 24.3 Å². The van der Waals surface area contributed by atoms with E-state index in [-0.39, 0.29) is 5.56 Å². The van der Waals surface area contributed by atoms with Crippen LogP contribution in [0.4, 0.5) is 4.39 Å². The molecule has 0 saturated heterocycles. The summed E-state index contributed by atoms with van der Waals surface area (Å²) >= 11 is 0. The van der Waals surface area contributed by atoms with Crippen LogP contribution in [0.15, 0.2) is 53.6 Å². The summed E-state index contributed by atoms with van der Waals surface area (Å²) < 4.78 is 14.6. The van der Waals surface area contributed by atoms with E-state index in [4.69, 9.17) is 5.26 Å². The highest BCUT2D eigenvalue weighted by Crippen LogP contribution is 2.10. The van der Waals surface area contributed by atoms with Gasteiger partial charge in [0, 0.05) is 6.07 Å². The minimum Gasteiger partial charge on any atom is -0.294 e. The first-order valence-electron chi connectivity index (χ1n) is 6.31. The Hall–Kier alpha value is -3.00. The normalized spacial score (nSPS) is 10.5. The summed E-state index contributed by atoms with van der Waals surface area (Å²) in [5, 5.41) is 9.14. The Morgan fingerprint density at radius 1 is 1.19 bits per heavy atom. The van der Waals surface area contributed by atoms with Gasteiger partial charge in [-0.3, -0.25) is 9.36 Å². The lowest BCUT2D eigenvalue weighted by molar-refractivity contribution is 0.629. The van der Waals surface area contributed by atoms with Gasteiger partial charge in [-0.25, -0.2) is 9.37 Å². The van der Waals surface area contributed by atoms with Gasteiger partial charge in [0.05, 0.1) is 35.4 Å². The molecule has 0 aliphatic heterocycles. The number of halogens is 1. The minimum atomic E-state index is -0.417. The molecule has 3 rings (SSSR count). The third kappa shape index (κ3) is 2.51. The fraction of sp³-hybridized carbons (Fsp3) is 0.0625. The van der Waals surface area contributed by atoms with Crippen LogP contribution in [0.25, 0.3) is 10.9 Å². The number of nitrogens with zero attached hydrogens (tertiary/aromatic N) is 3. The smallest absolute Gasteiger partial charge is 0.261 e. The van der Waals surface area contributed by atoms with E-state index in [2.05, 4.69) is 4.98 Å². The van der Waals surface area contributed by atoms with Gasteiger partial charge >= 0.3 is 0 Å². The number of rotatable bonds is 2. The first-order chi connectivity index (χ1) is 10.2. The number of fused-ring (bicyclic) bond motifs is 1. The zero-order valence-electron chi connectivity index (χ0n) is 11.0. The van der Waals surface area contributed by atoms with Crippen LogP contribution in [0.3, 0.4) is 0 Å². The predicted octanol–water partition coefficient (Wildman–Crippen LogP) is 2.46. The second kappa shape index (κ2) is 5.17. The van der Waals surface area contributed by atoms with Gasteiger partial charge in [-0.15, -0.1) is 0 Å². The fourth-order valence-corrected chi connectivity index (χ4v) is 2.13. The Labute approximate surface area is 119 Å². The van der Waals surface area contributed by atoms with E-state index in [0.29, 0.717) is 23.0 Å². The van der Waals surface area contributed by atoms with Crippen molar-refractivity contribution in [2.75, 3.05) is 0 Å². The summed E-state index contributed by atoms with van der Waals surface area (Å²) in [6.45, 7) is 0.352. The number of hydrogen-bond donors (Lipinski definition) is 0. The average molecular weight is 279 g/mol. The van der Waals surface area contributed by atoms with E-state index >= 15 is 0 Å². The molecular weight excluding hydrogens is 269 g/mol. The van der Waals surface area contributed by atoms with E-state index in [9.17, 15) is 9.18 Å². The Morgan fingerprint density at radius 2 is 1.95 bits per heavy atom. The maximum atomic E-state index is 13.1. The Morgan fingerprint density at radius 3 is 2.67 bits per heavy atom. The molecule has 1 aromatic heterocycles. The van der Waals surface area contributed by atoms with Crippen LogP contribution < -0.4 is 5.56 Å². The molecule has 0 atom stereocenters. The van der Waals surface area contributed by atoms with Crippen molar-refractivity contribution in [2.24, 2.45) is 0 Å². The van der Waals surface area contributed by atoms with E-state index in [1.807, 2.05) is 6.07 Å². The van der Waals surface area contributed by atoms with E-state index in [1.165, 1.54) is 29.1 Å². The van der Waals surface area contributed by atoms with Crippen molar-refractivity contribution in [3.05, 3.63) is 76.1 Å². The van der Waals surface area contributed by atoms with Crippen molar-refractivity contribution in [1.29, 1.82) is 5.26 Å². The predicted molar refractivity (Wildman–Crippen MR) is 76.2 cm³/mol. The van der Waals surface area contributed by atoms with Crippen LogP contribution in [0, 0.1) is 17.1 Å². The lowest BCUT2D eigenvalue weighted by atomic mass is 10.1. The molecule has 5 heteroatoms. The van der Waals surface area contributed by atoms with Crippen molar-refractivity contribution in [3.8, 4) is 6.07 Å². The summed E-state index contributed by atoms with van der Waals surface area (Å²) in [6, 6.07) is 12.9. The molecule has 0 aliphatic rings. The van der Waals surface area contributed by atoms with Crippen LogP contribution in [0.5, 0.6) is 0 Å². The molecule has 0 unspecified atom stereocenters. The number of hydrogen-bond acceptors (Lipinski definition) is 3. The van der Waals surface area contributed by atoms with Gasteiger partial charge in [-0.2, -0.15) is 5.26 Å². The quantitative estimate of drug-likeness (QED) is 0.724. The molecule has 4 nitrogen and oxygen atoms in total. The number of nitriles is 1. The van der Waals surface area contributed by atoms with Crippen LogP contribution in [-0.4, -0.2) is 9.55 Å². The fourth-order valence-electron chi connectivity index (χ4n) is 2.13. The maximum Gasteiger partial charge on any atom is 0.261 e. The number of aromatic nitrogens is 2. The van der Waals surface area contributed by atoms with Crippen molar-refractivity contribution in [2.45, 2.75) is 6.54 Å². The summed E-state index contributed by atoms with van der Waals surface area (Å²) in [6.07, 6.45) is 1.41. The monoisotopic (exact) mass is 279 g/mol. The first kappa shape index (κ1) is 13.0. The molecule has 0 saturated carbocycles. The van der Waals surface area contributed by atoms with E-state index in [0.717, 1.165) is 5.56 Å². The molecule has 0 spiro atoms. The Bertz CT molecular complexity index is 907. The molecule has 0 amide bonds. The molecule has 0 N–H and O–H groups in total. The highest BCUT2D eigenvalue weighted by atomic mass is 19.1. The molecule has 21 heavy (non-hydrogen) atoms. The van der Waals surface area contributed by atoms with Gasteiger partial charge in [0.25, 0.3) is 5.56 Å². The van der Waals surface area contributed by atoms with Crippen LogP contribution >= 0.6 is 0 Å². The second-order valence-corrected chi connectivity index (χ2v) is 4.65. The van der Waals surface area contributed by atoms with Crippen LogP contribution in [-0.2, 0) is 6.54 Å². The van der Waals surface area contributed by atoms with Crippen molar-refractivity contribution < 1.29 is 4.39 Å². The zero-order valence-corrected chi connectivity index (χ0v) is 11.0. The molecule has 2 aromatic carbocycles. The van der Waals surface area contributed by atoms with Crippen molar-refractivity contribution >= 4 is 10.9 Å². The standard InChI is InChI=1S/C16H10FN3O/c17-13-5-6-14-15(7-13)19-10-20(16(14)21)9-12-3-1-11(8-18)2-4-12/h1-7,10H,9H2. The first-order valence-corrected chi connectivity index (χ1v) is 6.31. The molecule has 0 bridgehead atoms. The lowest BCUT2D eigenvalue weighted by Gasteiger charge is -2.07. The SMILES string of the molecule is N#Cc1ccc(Cn2cnc3cc(F)ccc3c2=O)cc1. The largest absolute Gasteiger partial charge is 0.294 e. The van der Waals surface area contributed by atoms with Crippen LogP contribution in [0.2, 0.25) is 0 Å². The molecule has 3 aromatic rings. The maximum absolute atomic E-state index is 13.1. The van der Waals surface area contributed by atoms with Gasteiger partial charge in [-0.05, 0) is 29.8 Å². The van der Waals surface area contributed by atoms with Gasteiger partial charge < -0.3 is 0 Å². The van der Waals surface area contributed by atoms with Crippen molar-refractivity contribution in [1.82, 2.24) is 9.55 Å². The van der Waals surface area contributed by atoms with Crippen molar-refractivity contribution in [3.63, 3.8) is 0 Å². The Balaban J connectivity index is 2.01. The molecule has 102 valence electrons. The van der Waals surface area contributed by atoms with Gasteiger partial charge in [0.2, 0.25) is 0 Å². The van der Waals surface area contributed by atoms with E-state index < -0.39 is 5.82 Å². The van der Waals surface area contributed by atoms with Gasteiger partial charge in [0.1, 0.15) is 5.82 Å². The second-order valence-electron chi connectivity index (χ2n) is 4.65. The minimum absolute atomic E-state index is 0.218. The lowest BCUT2D eigenvalue weighted by Crippen LogP contribution is -2.21. The molecule has 0 radical (unpaired) electrons. The zero-order chi connectivity index (χ0) is 14.8. The molecular formula is C16H10FN3O.